The topological polar surface area (TPSA) is 73.7 Å². The van der Waals surface area contributed by atoms with E-state index in [0.29, 0.717) is 35.4 Å². The number of aryl methyl sites for hydroxylation is 1. The molecule has 152 valence electrons. The second-order valence-electron chi connectivity index (χ2n) is 7.53. The first-order chi connectivity index (χ1) is 13.5. The van der Waals surface area contributed by atoms with Crippen molar-refractivity contribution in [3.8, 4) is 11.5 Å². The van der Waals surface area contributed by atoms with Gasteiger partial charge in [-0.05, 0) is 51.2 Å². The molecule has 2 aromatic rings. The van der Waals surface area contributed by atoms with Crippen LogP contribution in [0.5, 0.6) is 11.5 Å². The van der Waals surface area contributed by atoms with E-state index < -0.39 is 10.0 Å². The first-order valence-electron chi connectivity index (χ1n) is 9.78. The van der Waals surface area contributed by atoms with Crippen LogP contribution in [0.4, 0.5) is 0 Å². The van der Waals surface area contributed by atoms with Crippen molar-refractivity contribution in [1.29, 1.82) is 0 Å². The molecule has 1 saturated carbocycles. The van der Waals surface area contributed by atoms with E-state index in [1.54, 1.807) is 16.1 Å². The van der Waals surface area contributed by atoms with Gasteiger partial charge >= 0.3 is 0 Å². The van der Waals surface area contributed by atoms with Crippen LogP contribution in [-0.4, -0.2) is 48.3 Å². The molecule has 1 saturated heterocycles. The highest BCUT2D eigenvalue weighted by molar-refractivity contribution is 7.89. The largest absolute Gasteiger partial charge is 0.497 e. The van der Waals surface area contributed by atoms with E-state index >= 15 is 0 Å². The Morgan fingerprint density at radius 3 is 2.75 bits per heavy atom. The lowest BCUT2D eigenvalue weighted by Crippen LogP contribution is -2.47. The van der Waals surface area contributed by atoms with E-state index in [-0.39, 0.29) is 12.1 Å². The van der Waals surface area contributed by atoms with Gasteiger partial charge in [0.1, 0.15) is 23.0 Å². The smallest absolute Gasteiger partial charge is 0.247 e. The second kappa shape index (κ2) is 7.40. The predicted octanol–water partition coefficient (Wildman–Crippen LogP) is 2.84. The Bertz CT molecular complexity index is 956. The summed E-state index contributed by atoms with van der Waals surface area (Å²) in [6.45, 7) is 4.77. The Hall–Kier alpha value is -2.06. The summed E-state index contributed by atoms with van der Waals surface area (Å²) in [5.41, 5.74) is 0.692. The van der Waals surface area contributed by atoms with Gasteiger partial charge in [0.15, 0.2) is 0 Å². The molecule has 1 aliphatic carbocycles. The summed E-state index contributed by atoms with van der Waals surface area (Å²) in [5, 5.41) is 4.24. The van der Waals surface area contributed by atoms with Gasteiger partial charge < -0.3 is 9.47 Å². The van der Waals surface area contributed by atoms with Gasteiger partial charge in [-0.2, -0.15) is 9.40 Å². The van der Waals surface area contributed by atoms with Crippen molar-refractivity contribution in [3.63, 3.8) is 0 Å². The summed E-state index contributed by atoms with van der Waals surface area (Å²) in [6.07, 6.45) is 4.36. The maximum atomic E-state index is 13.5. The van der Waals surface area contributed by atoms with E-state index in [9.17, 15) is 8.42 Å². The van der Waals surface area contributed by atoms with Crippen molar-refractivity contribution in [3.05, 3.63) is 36.2 Å². The van der Waals surface area contributed by atoms with Crippen LogP contribution in [-0.2, 0) is 16.6 Å². The molecule has 1 aliphatic heterocycles. The van der Waals surface area contributed by atoms with Crippen LogP contribution < -0.4 is 9.47 Å². The second-order valence-corrected chi connectivity index (χ2v) is 9.34. The molecule has 1 aromatic heterocycles. The molecule has 2 unspecified atom stereocenters. The molecule has 7 nitrogen and oxygen atoms in total. The summed E-state index contributed by atoms with van der Waals surface area (Å²) >= 11 is 0. The number of rotatable bonds is 7. The summed E-state index contributed by atoms with van der Waals surface area (Å²) < 4.78 is 41.6. The van der Waals surface area contributed by atoms with Gasteiger partial charge in [-0.1, -0.05) is 6.07 Å². The third-order valence-corrected chi connectivity index (χ3v) is 8.13. The zero-order chi connectivity index (χ0) is 19.9. The lowest BCUT2D eigenvalue weighted by Gasteiger charge is -2.34. The maximum absolute atomic E-state index is 13.5. The number of hydrogen-bond acceptors (Lipinski definition) is 5. The summed E-state index contributed by atoms with van der Waals surface area (Å²) in [5.74, 6) is 1.75. The molecule has 0 N–H and O–H groups in total. The lowest BCUT2D eigenvalue weighted by atomic mass is 10.0. The molecule has 28 heavy (non-hydrogen) atoms. The third kappa shape index (κ3) is 3.18. The minimum absolute atomic E-state index is 0.0540. The van der Waals surface area contributed by atoms with Gasteiger partial charge in [0.2, 0.25) is 10.0 Å². The first-order valence-corrected chi connectivity index (χ1v) is 11.2. The van der Waals surface area contributed by atoms with Crippen molar-refractivity contribution >= 4 is 10.0 Å². The number of nitrogens with zero attached hydrogens (tertiary/aromatic N) is 3. The summed E-state index contributed by atoms with van der Waals surface area (Å²) in [6, 6.07) is 7.31. The Morgan fingerprint density at radius 2 is 2.04 bits per heavy atom. The number of ether oxygens (including phenoxy) is 2. The normalized spacial score (nSPS) is 24.6. The van der Waals surface area contributed by atoms with Crippen LogP contribution in [0.2, 0.25) is 0 Å². The van der Waals surface area contributed by atoms with Crippen LogP contribution in [0.1, 0.15) is 31.9 Å². The summed E-state index contributed by atoms with van der Waals surface area (Å²) in [4.78, 5) is 0.313. The Morgan fingerprint density at radius 1 is 1.25 bits per heavy atom. The molecule has 0 radical (unpaired) electrons. The quantitative estimate of drug-likeness (QED) is 0.708. The minimum Gasteiger partial charge on any atom is -0.497 e. The molecule has 8 heteroatoms. The van der Waals surface area contributed by atoms with Gasteiger partial charge in [0, 0.05) is 18.7 Å². The van der Waals surface area contributed by atoms with Crippen molar-refractivity contribution in [2.75, 3.05) is 13.7 Å². The van der Waals surface area contributed by atoms with E-state index in [4.69, 9.17) is 9.47 Å². The average molecular weight is 406 g/mol. The van der Waals surface area contributed by atoms with Crippen LogP contribution >= 0.6 is 0 Å². The molecule has 2 aliphatic rings. The molecular weight excluding hydrogens is 378 g/mol. The number of aromatic nitrogens is 2. The van der Waals surface area contributed by atoms with Crippen LogP contribution in [0.15, 0.2) is 35.4 Å². The number of sulfonamides is 1. The number of benzene rings is 1. The van der Waals surface area contributed by atoms with Crippen LogP contribution in [0, 0.1) is 12.8 Å². The average Bonchev–Trinajstić information content (AvgIpc) is 3.40. The molecule has 0 amide bonds. The van der Waals surface area contributed by atoms with Gasteiger partial charge in [-0.3, -0.25) is 4.68 Å². The fourth-order valence-corrected chi connectivity index (χ4v) is 6.68. The van der Waals surface area contributed by atoms with Crippen LogP contribution in [0.25, 0.3) is 0 Å². The first kappa shape index (κ1) is 19.3. The molecule has 2 fully saturated rings. The maximum Gasteiger partial charge on any atom is 0.247 e. The van der Waals surface area contributed by atoms with Gasteiger partial charge in [0.05, 0.1) is 25.0 Å². The SMILES string of the molecule is CCn1ncc(S(=O)(=O)N2C3CCC(C3)[C@H]2COc2cccc(OC)c2)c1C. The fourth-order valence-electron chi connectivity index (χ4n) is 4.62. The van der Waals surface area contributed by atoms with Crippen molar-refractivity contribution in [2.45, 2.75) is 56.6 Å². The number of methoxy groups -OCH3 is 1. The van der Waals surface area contributed by atoms with E-state index in [2.05, 4.69) is 5.10 Å². The molecule has 2 bridgehead atoms. The zero-order valence-electron chi connectivity index (χ0n) is 16.5. The number of fused-ring (bicyclic) bond motifs is 2. The minimum atomic E-state index is -3.61. The van der Waals surface area contributed by atoms with Gasteiger partial charge in [-0.15, -0.1) is 0 Å². The van der Waals surface area contributed by atoms with Gasteiger partial charge in [0.25, 0.3) is 0 Å². The van der Waals surface area contributed by atoms with Gasteiger partial charge in [-0.25, -0.2) is 8.42 Å². The van der Waals surface area contributed by atoms with E-state index in [1.807, 2.05) is 38.1 Å². The fraction of sp³-hybridized carbons (Fsp3) is 0.550. The van der Waals surface area contributed by atoms with Crippen molar-refractivity contribution in [2.24, 2.45) is 5.92 Å². The Balaban J connectivity index is 1.59. The highest BCUT2D eigenvalue weighted by Gasteiger charge is 2.52. The standard InChI is InChI=1S/C20H27N3O4S/c1-4-22-14(2)20(12-21-22)28(24,25)23-16-9-8-15(10-16)19(23)13-27-18-7-5-6-17(11-18)26-3/h5-7,11-12,15-16,19H,4,8-10,13H2,1-3H3/t15?,16?,19-/m1/s1. The Labute approximate surface area is 166 Å². The number of piperidine rings is 1. The third-order valence-electron chi connectivity index (χ3n) is 6.05. The zero-order valence-corrected chi connectivity index (χ0v) is 17.4. The molecule has 2 heterocycles. The predicted molar refractivity (Wildman–Crippen MR) is 105 cm³/mol. The highest BCUT2D eigenvalue weighted by atomic mass is 32.2. The molecule has 4 rings (SSSR count). The monoisotopic (exact) mass is 405 g/mol. The highest BCUT2D eigenvalue weighted by Crippen LogP contribution is 2.45. The van der Waals surface area contributed by atoms with Crippen molar-refractivity contribution in [1.82, 2.24) is 14.1 Å². The molecule has 1 aromatic carbocycles. The van der Waals surface area contributed by atoms with E-state index in [0.717, 1.165) is 25.0 Å². The van der Waals surface area contributed by atoms with E-state index in [1.165, 1.54) is 6.20 Å². The lowest BCUT2D eigenvalue weighted by molar-refractivity contribution is 0.162. The van der Waals surface area contributed by atoms with Crippen LogP contribution in [0.3, 0.4) is 0 Å². The summed E-state index contributed by atoms with van der Waals surface area (Å²) in [7, 11) is -2.00. The Kier molecular flexibility index (Phi) is 5.09. The van der Waals surface area contributed by atoms with Crippen molar-refractivity contribution < 1.29 is 17.9 Å². The molecular formula is C20H27N3O4S. The number of hydrogen-bond donors (Lipinski definition) is 0. The molecule has 3 atom stereocenters. The molecule has 0 spiro atoms.